The Morgan fingerprint density at radius 1 is 1.13 bits per heavy atom. The Bertz CT molecular complexity index is 901. The molecule has 0 heterocycles. The van der Waals surface area contributed by atoms with E-state index in [1.807, 2.05) is 0 Å². The summed E-state index contributed by atoms with van der Waals surface area (Å²) in [4.78, 5) is 12.6. The van der Waals surface area contributed by atoms with Crippen molar-refractivity contribution in [3.05, 3.63) is 41.3 Å². The summed E-state index contributed by atoms with van der Waals surface area (Å²) >= 11 is 6.03. The molecule has 5 rings (SSSR count). The zero-order valence-electron chi connectivity index (χ0n) is 18.6. The van der Waals surface area contributed by atoms with Gasteiger partial charge in [-0.3, -0.25) is 4.79 Å². The summed E-state index contributed by atoms with van der Waals surface area (Å²) < 4.78 is 0. The van der Waals surface area contributed by atoms with Crippen molar-refractivity contribution in [2.24, 2.45) is 39.6 Å². The van der Waals surface area contributed by atoms with Gasteiger partial charge in [0.1, 0.15) is 0 Å². The number of hydrazone groups is 1. The first-order valence-electron chi connectivity index (χ1n) is 12.0. The number of carbonyl (C=O) groups is 1. The lowest BCUT2D eigenvalue weighted by Gasteiger charge is -2.60. The Hall–Kier alpha value is -1.39. The summed E-state index contributed by atoms with van der Waals surface area (Å²) in [5.74, 6) is 2.50. The van der Waals surface area contributed by atoms with Crippen molar-refractivity contribution in [1.82, 2.24) is 5.43 Å². The van der Waals surface area contributed by atoms with Crippen LogP contribution in [0.4, 0.5) is 0 Å². The van der Waals surface area contributed by atoms with Gasteiger partial charge in [0, 0.05) is 21.7 Å². The number of hydrogen-bond donors (Lipinski definition) is 2. The minimum atomic E-state index is -0.211. The molecule has 4 nitrogen and oxygen atoms in total. The number of aliphatic hydroxyl groups is 1. The van der Waals surface area contributed by atoms with Crippen LogP contribution in [-0.4, -0.2) is 22.8 Å². The van der Waals surface area contributed by atoms with Crippen LogP contribution < -0.4 is 5.43 Å². The maximum atomic E-state index is 12.6. The maximum absolute atomic E-state index is 12.6. The Labute approximate surface area is 190 Å². The zero-order valence-corrected chi connectivity index (χ0v) is 19.4. The number of benzene rings is 1. The molecule has 0 aromatic heterocycles. The predicted octanol–water partition coefficient (Wildman–Crippen LogP) is 5.64. The van der Waals surface area contributed by atoms with Gasteiger partial charge in [0.15, 0.2) is 0 Å². The second-order valence-corrected chi connectivity index (χ2v) is 11.3. The monoisotopic (exact) mass is 441 g/mol. The lowest BCUT2D eigenvalue weighted by molar-refractivity contribution is -0.0926. The number of rotatable bonds is 2. The van der Waals surface area contributed by atoms with Crippen LogP contribution in [0.3, 0.4) is 0 Å². The molecule has 1 amide bonds. The van der Waals surface area contributed by atoms with Gasteiger partial charge in [0.05, 0.1) is 6.10 Å². The van der Waals surface area contributed by atoms with Gasteiger partial charge in [-0.2, -0.15) is 5.10 Å². The van der Waals surface area contributed by atoms with Gasteiger partial charge in [-0.05, 0) is 105 Å². The quantitative estimate of drug-likeness (QED) is 0.583. The number of carbonyl (C=O) groups excluding carboxylic acids is 1. The molecule has 4 aliphatic carbocycles. The first kappa shape index (κ1) is 21.5. The average molecular weight is 442 g/mol. The highest BCUT2D eigenvalue weighted by Gasteiger charge is 2.59. The predicted molar refractivity (Wildman–Crippen MR) is 124 cm³/mol. The van der Waals surface area contributed by atoms with Gasteiger partial charge in [-0.1, -0.05) is 31.5 Å². The molecule has 1 radical (unpaired) electrons. The summed E-state index contributed by atoms with van der Waals surface area (Å²) in [5, 5.41) is 15.4. The number of halogens is 1. The highest BCUT2D eigenvalue weighted by molar-refractivity contribution is 6.30. The van der Waals surface area contributed by atoms with E-state index in [2.05, 4.69) is 30.8 Å². The number of fused-ring (bicyclic) bond motifs is 5. The van der Waals surface area contributed by atoms with E-state index >= 15 is 0 Å². The third-order valence-corrected chi connectivity index (χ3v) is 9.73. The molecule has 4 fully saturated rings. The number of aliphatic hydroxyl groups excluding tert-OH is 1. The van der Waals surface area contributed by atoms with Crippen LogP contribution in [0.1, 0.15) is 75.6 Å². The second kappa shape index (κ2) is 7.88. The van der Waals surface area contributed by atoms with Crippen LogP contribution in [0.15, 0.2) is 29.4 Å². The van der Waals surface area contributed by atoms with Gasteiger partial charge in [0.25, 0.3) is 5.91 Å². The Morgan fingerprint density at radius 2 is 1.97 bits per heavy atom. The third-order valence-electron chi connectivity index (χ3n) is 9.50. The van der Waals surface area contributed by atoms with Crippen LogP contribution in [0.25, 0.3) is 0 Å². The van der Waals surface area contributed by atoms with Crippen LogP contribution in [-0.2, 0) is 0 Å². The van der Waals surface area contributed by atoms with Crippen LogP contribution in [0.5, 0.6) is 0 Å². The van der Waals surface area contributed by atoms with Crippen molar-refractivity contribution >= 4 is 23.2 Å². The van der Waals surface area contributed by atoms with Crippen molar-refractivity contribution in [1.29, 1.82) is 0 Å². The summed E-state index contributed by atoms with van der Waals surface area (Å²) in [5.41, 5.74) is 4.95. The third kappa shape index (κ3) is 3.54. The minimum Gasteiger partial charge on any atom is -0.393 e. The van der Waals surface area contributed by atoms with Crippen LogP contribution >= 0.6 is 11.6 Å². The van der Waals surface area contributed by atoms with Crippen molar-refractivity contribution in [3.8, 4) is 0 Å². The van der Waals surface area contributed by atoms with E-state index in [1.54, 1.807) is 24.3 Å². The lowest BCUT2D eigenvalue weighted by Crippen LogP contribution is -2.54. The van der Waals surface area contributed by atoms with E-state index in [4.69, 9.17) is 11.6 Å². The molecule has 0 aliphatic heterocycles. The molecule has 7 atom stereocenters. The maximum Gasteiger partial charge on any atom is 0.271 e. The SMILES string of the molecule is CC12CCC3C(CCC4[CH]C(O)CCC43C)C1CC/C2=N\NC(=O)c1cccc(Cl)c1. The van der Waals surface area contributed by atoms with E-state index in [0.29, 0.717) is 27.8 Å². The molecular formula is C26H34ClN2O2. The van der Waals surface area contributed by atoms with Gasteiger partial charge >= 0.3 is 0 Å². The first-order valence-corrected chi connectivity index (χ1v) is 12.3. The number of nitrogens with zero attached hydrogens (tertiary/aromatic N) is 1. The molecular weight excluding hydrogens is 408 g/mol. The summed E-state index contributed by atoms with van der Waals surface area (Å²) in [6, 6.07) is 7.00. The fourth-order valence-corrected chi connectivity index (χ4v) is 7.97. The molecule has 5 heteroatoms. The highest BCUT2D eigenvalue weighted by Crippen LogP contribution is 2.65. The van der Waals surface area contributed by atoms with E-state index in [0.717, 1.165) is 37.5 Å². The summed E-state index contributed by atoms with van der Waals surface area (Å²) in [6.45, 7) is 4.88. The Kier molecular flexibility index (Phi) is 5.45. The summed E-state index contributed by atoms with van der Waals surface area (Å²) in [7, 11) is 0. The van der Waals surface area contributed by atoms with Crippen LogP contribution in [0, 0.1) is 40.9 Å². The minimum absolute atomic E-state index is 0.0872. The molecule has 4 saturated carbocycles. The molecule has 4 aliphatic rings. The van der Waals surface area contributed by atoms with Crippen molar-refractivity contribution in [2.45, 2.75) is 71.3 Å². The molecule has 0 spiro atoms. The van der Waals surface area contributed by atoms with Crippen molar-refractivity contribution in [3.63, 3.8) is 0 Å². The van der Waals surface area contributed by atoms with E-state index < -0.39 is 0 Å². The Morgan fingerprint density at radius 3 is 2.77 bits per heavy atom. The van der Waals surface area contributed by atoms with Gasteiger partial charge in [-0.15, -0.1) is 0 Å². The normalized spacial score (nSPS) is 43.1. The fraction of sp³-hybridized carbons (Fsp3) is 0.654. The molecule has 0 saturated heterocycles. The molecule has 31 heavy (non-hydrogen) atoms. The largest absolute Gasteiger partial charge is 0.393 e. The lowest BCUT2D eigenvalue weighted by atomic mass is 9.45. The second-order valence-electron chi connectivity index (χ2n) is 10.9. The molecule has 7 unspecified atom stereocenters. The Balaban J connectivity index is 1.33. The molecule has 0 bridgehead atoms. The topological polar surface area (TPSA) is 61.7 Å². The van der Waals surface area contributed by atoms with E-state index in [-0.39, 0.29) is 17.4 Å². The standard InChI is InChI=1S/C26H34ClN2O2/c1-25-12-10-19(30)15-17(25)6-7-20-21-8-9-23(26(21,2)13-11-22(20)25)28-29-24(31)16-4-3-5-18(27)14-16/h3-5,14-15,17,19-22,30H,6-13H2,1-2H3,(H,29,31)/b28-23+. The van der Waals surface area contributed by atoms with E-state index in [1.165, 1.54) is 31.4 Å². The molecule has 167 valence electrons. The van der Waals surface area contributed by atoms with Crippen molar-refractivity contribution in [2.75, 3.05) is 0 Å². The average Bonchev–Trinajstić information content (AvgIpc) is 3.09. The van der Waals surface area contributed by atoms with Gasteiger partial charge < -0.3 is 5.11 Å². The van der Waals surface area contributed by atoms with Gasteiger partial charge in [0.2, 0.25) is 0 Å². The smallest absolute Gasteiger partial charge is 0.271 e. The first-order chi connectivity index (χ1) is 14.8. The number of hydrogen-bond acceptors (Lipinski definition) is 3. The zero-order chi connectivity index (χ0) is 21.8. The molecule has 2 N–H and O–H groups in total. The summed E-state index contributed by atoms with van der Waals surface area (Å²) in [6.07, 6.45) is 11.1. The number of amides is 1. The molecule has 1 aromatic rings. The molecule has 1 aromatic carbocycles. The van der Waals surface area contributed by atoms with E-state index in [9.17, 15) is 9.90 Å². The van der Waals surface area contributed by atoms with Crippen LogP contribution in [0.2, 0.25) is 5.02 Å². The van der Waals surface area contributed by atoms with Gasteiger partial charge in [-0.25, -0.2) is 5.43 Å². The fourth-order valence-electron chi connectivity index (χ4n) is 7.78. The van der Waals surface area contributed by atoms with Crippen molar-refractivity contribution < 1.29 is 9.90 Å². The highest BCUT2D eigenvalue weighted by atomic mass is 35.5. The number of nitrogens with one attached hydrogen (secondary N) is 1.